The van der Waals surface area contributed by atoms with Gasteiger partial charge in [0.1, 0.15) is 0 Å². The van der Waals surface area contributed by atoms with E-state index in [4.69, 9.17) is 5.73 Å². The molecular weight excluding hydrogens is 238 g/mol. The van der Waals surface area contributed by atoms with Crippen molar-refractivity contribution in [1.29, 1.82) is 0 Å². The van der Waals surface area contributed by atoms with E-state index in [0.29, 0.717) is 11.3 Å². The van der Waals surface area contributed by atoms with Crippen molar-refractivity contribution in [3.05, 3.63) is 59.4 Å². The number of carbonyl (C=O) groups is 1. The van der Waals surface area contributed by atoms with E-state index in [9.17, 15) is 4.79 Å². The molecule has 0 aliphatic heterocycles. The second-order valence-corrected chi connectivity index (χ2v) is 4.55. The predicted molar refractivity (Wildman–Crippen MR) is 75.7 cm³/mol. The van der Waals surface area contributed by atoms with Crippen molar-refractivity contribution in [2.75, 3.05) is 5.73 Å². The van der Waals surface area contributed by atoms with Crippen molar-refractivity contribution in [3.8, 4) is 0 Å². The fourth-order valence-corrected chi connectivity index (χ4v) is 1.83. The average Bonchev–Trinajstić information content (AvgIpc) is 2.42. The summed E-state index contributed by atoms with van der Waals surface area (Å²) in [5, 5.41) is 2.95. The summed E-state index contributed by atoms with van der Waals surface area (Å²) in [6.07, 6.45) is 3.43. The highest BCUT2D eigenvalue weighted by molar-refractivity contribution is 5.95. The number of nitrogens with zero attached hydrogens (tertiary/aromatic N) is 1. The zero-order chi connectivity index (χ0) is 13.8. The molecule has 0 spiro atoms. The molecule has 1 aromatic carbocycles. The summed E-state index contributed by atoms with van der Waals surface area (Å²) in [7, 11) is 0. The normalized spacial score (nSPS) is 11.9. The van der Waals surface area contributed by atoms with E-state index in [1.54, 1.807) is 30.6 Å². The van der Waals surface area contributed by atoms with E-state index in [1.807, 2.05) is 26.0 Å². The van der Waals surface area contributed by atoms with Gasteiger partial charge >= 0.3 is 0 Å². The summed E-state index contributed by atoms with van der Waals surface area (Å²) in [4.78, 5) is 16.1. The molecule has 1 aromatic heterocycles. The minimum absolute atomic E-state index is 0.0617. The highest BCUT2D eigenvalue weighted by atomic mass is 16.1. The number of pyridine rings is 1. The molecule has 0 radical (unpaired) electrons. The van der Waals surface area contributed by atoms with Crippen molar-refractivity contribution >= 4 is 11.6 Å². The number of anilines is 1. The number of hydrogen-bond acceptors (Lipinski definition) is 3. The van der Waals surface area contributed by atoms with Crippen LogP contribution in [0.1, 0.15) is 34.5 Å². The molecule has 4 heteroatoms. The van der Waals surface area contributed by atoms with Crippen LogP contribution in [-0.4, -0.2) is 10.9 Å². The third-order valence-electron chi connectivity index (χ3n) is 3.09. The van der Waals surface area contributed by atoms with Crippen LogP contribution in [0.3, 0.4) is 0 Å². The molecule has 0 bridgehead atoms. The number of benzene rings is 1. The maximum atomic E-state index is 12.1. The maximum Gasteiger partial charge on any atom is 0.251 e. The Morgan fingerprint density at radius 1 is 1.26 bits per heavy atom. The Hall–Kier alpha value is -2.36. The van der Waals surface area contributed by atoms with Gasteiger partial charge in [-0.15, -0.1) is 0 Å². The van der Waals surface area contributed by atoms with Crippen LogP contribution in [0.4, 0.5) is 5.69 Å². The van der Waals surface area contributed by atoms with E-state index in [2.05, 4.69) is 10.3 Å². The lowest BCUT2D eigenvalue weighted by Crippen LogP contribution is -2.26. The van der Waals surface area contributed by atoms with Crippen molar-refractivity contribution < 1.29 is 4.79 Å². The molecular formula is C15H17N3O. The third-order valence-corrected chi connectivity index (χ3v) is 3.09. The van der Waals surface area contributed by atoms with E-state index >= 15 is 0 Å². The third kappa shape index (κ3) is 3.10. The highest BCUT2D eigenvalue weighted by Gasteiger charge is 2.11. The van der Waals surface area contributed by atoms with Crippen LogP contribution < -0.4 is 11.1 Å². The van der Waals surface area contributed by atoms with E-state index < -0.39 is 0 Å². The molecule has 2 aromatic rings. The molecule has 2 rings (SSSR count). The molecule has 3 N–H and O–H groups in total. The monoisotopic (exact) mass is 255 g/mol. The molecule has 1 heterocycles. The summed E-state index contributed by atoms with van der Waals surface area (Å²) in [6.45, 7) is 3.83. The second kappa shape index (κ2) is 5.52. The Labute approximate surface area is 112 Å². The molecule has 1 amide bonds. The standard InChI is InChI=1S/C15H17N3O/c1-10-9-13(3-4-14(10)16)15(19)18-11(2)12-5-7-17-8-6-12/h3-9,11H,16H2,1-2H3,(H,18,19)/t11-/m1/s1. The van der Waals surface area contributed by atoms with Crippen LogP contribution >= 0.6 is 0 Å². The smallest absolute Gasteiger partial charge is 0.251 e. The van der Waals surface area contributed by atoms with Gasteiger partial charge in [-0.1, -0.05) is 0 Å². The number of nitrogen functional groups attached to an aromatic ring is 1. The Kier molecular flexibility index (Phi) is 3.80. The minimum atomic E-state index is -0.104. The van der Waals surface area contributed by atoms with Crippen molar-refractivity contribution in [3.63, 3.8) is 0 Å². The van der Waals surface area contributed by atoms with Gasteiger partial charge in [0.05, 0.1) is 6.04 Å². The van der Waals surface area contributed by atoms with Crippen LogP contribution in [0.2, 0.25) is 0 Å². The number of amides is 1. The first-order valence-electron chi connectivity index (χ1n) is 6.15. The van der Waals surface area contributed by atoms with Gasteiger partial charge in [-0.3, -0.25) is 9.78 Å². The van der Waals surface area contributed by atoms with Crippen LogP contribution in [0.15, 0.2) is 42.7 Å². The lowest BCUT2D eigenvalue weighted by molar-refractivity contribution is 0.0940. The van der Waals surface area contributed by atoms with Gasteiger partial charge in [0, 0.05) is 23.6 Å². The number of aromatic nitrogens is 1. The molecule has 0 aliphatic rings. The Morgan fingerprint density at radius 3 is 2.58 bits per heavy atom. The second-order valence-electron chi connectivity index (χ2n) is 4.55. The zero-order valence-corrected chi connectivity index (χ0v) is 11.1. The van der Waals surface area contributed by atoms with Crippen LogP contribution in [0.5, 0.6) is 0 Å². The molecule has 98 valence electrons. The van der Waals surface area contributed by atoms with Crippen molar-refractivity contribution in [2.45, 2.75) is 19.9 Å². The summed E-state index contributed by atoms with van der Waals surface area (Å²) >= 11 is 0. The van der Waals surface area contributed by atoms with Crippen LogP contribution in [-0.2, 0) is 0 Å². The number of carbonyl (C=O) groups excluding carboxylic acids is 1. The van der Waals surface area contributed by atoms with E-state index in [0.717, 1.165) is 11.1 Å². The lowest BCUT2D eigenvalue weighted by atomic mass is 10.1. The number of nitrogens with one attached hydrogen (secondary N) is 1. The fraction of sp³-hybridized carbons (Fsp3) is 0.200. The number of nitrogens with two attached hydrogens (primary N) is 1. The van der Waals surface area contributed by atoms with Crippen molar-refractivity contribution in [1.82, 2.24) is 10.3 Å². The highest BCUT2D eigenvalue weighted by Crippen LogP contribution is 2.15. The zero-order valence-electron chi connectivity index (χ0n) is 11.1. The Morgan fingerprint density at radius 2 is 1.95 bits per heavy atom. The maximum absolute atomic E-state index is 12.1. The molecule has 1 atom stereocenters. The lowest BCUT2D eigenvalue weighted by Gasteiger charge is -2.14. The van der Waals surface area contributed by atoms with E-state index in [-0.39, 0.29) is 11.9 Å². The van der Waals surface area contributed by atoms with Crippen LogP contribution in [0.25, 0.3) is 0 Å². The van der Waals surface area contributed by atoms with Gasteiger partial charge in [0.2, 0.25) is 0 Å². The average molecular weight is 255 g/mol. The largest absolute Gasteiger partial charge is 0.399 e. The summed E-state index contributed by atoms with van der Waals surface area (Å²) in [5.41, 5.74) is 8.98. The summed E-state index contributed by atoms with van der Waals surface area (Å²) < 4.78 is 0. The van der Waals surface area contributed by atoms with Gasteiger partial charge < -0.3 is 11.1 Å². The SMILES string of the molecule is Cc1cc(C(=O)N[C@H](C)c2ccncc2)ccc1N. The predicted octanol–water partition coefficient (Wildman–Crippen LogP) is 2.46. The topological polar surface area (TPSA) is 68.0 Å². The van der Waals surface area contributed by atoms with Gasteiger partial charge in [-0.05, 0) is 55.3 Å². The quantitative estimate of drug-likeness (QED) is 0.828. The molecule has 4 nitrogen and oxygen atoms in total. The Bertz CT molecular complexity index is 581. The first-order chi connectivity index (χ1) is 9.08. The minimum Gasteiger partial charge on any atom is -0.399 e. The van der Waals surface area contributed by atoms with Gasteiger partial charge in [0.15, 0.2) is 0 Å². The first-order valence-corrected chi connectivity index (χ1v) is 6.15. The number of rotatable bonds is 3. The van der Waals surface area contributed by atoms with Gasteiger partial charge in [-0.25, -0.2) is 0 Å². The molecule has 0 fully saturated rings. The first kappa shape index (κ1) is 13.1. The Balaban J connectivity index is 2.11. The number of hydrogen-bond donors (Lipinski definition) is 2. The summed E-state index contributed by atoms with van der Waals surface area (Å²) in [5.74, 6) is -0.104. The number of aryl methyl sites for hydroxylation is 1. The van der Waals surface area contributed by atoms with E-state index in [1.165, 1.54) is 0 Å². The molecule has 0 aliphatic carbocycles. The molecule has 0 unspecified atom stereocenters. The fourth-order valence-electron chi connectivity index (χ4n) is 1.83. The van der Waals surface area contributed by atoms with Crippen molar-refractivity contribution in [2.24, 2.45) is 0 Å². The van der Waals surface area contributed by atoms with Gasteiger partial charge in [-0.2, -0.15) is 0 Å². The summed E-state index contributed by atoms with van der Waals surface area (Å²) in [6, 6.07) is 8.99. The van der Waals surface area contributed by atoms with Gasteiger partial charge in [0.25, 0.3) is 5.91 Å². The molecule has 0 saturated heterocycles. The molecule has 0 saturated carbocycles. The van der Waals surface area contributed by atoms with Crippen LogP contribution in [0, 0.1) is 6.92 Å². The molecule has 19 heavy (non-hydrogen) atoms.